The van der Waals surface area contributed by atoms with Crippen molar-refractivity contribution >= 4 is 29.4 Å². The summed E-state index contributed by atoms with van der Waals surface area (Å²) in [7, 11) is 0. The van der Waals surface area contributed by atoms with Gasteiger partial charge in [0.25, 0.3) is 6.47 Å². The van der Waals surface area contributed by atoms with Crippen molar-refractivity contribution in [3.8, 4) is 5.06 Å². The van der Waals surface area contributed by atoms with Crippen LogP contribution in [0.1, 0.15) is 16.0 Å². The lowest BCUT2D eigenvalue weighted by Gasteiger charge is -2.06. The van der Waals surface area contributed by atoms with E-state index in [4.69, 9.17) is 16.3 Å². The van der Waals surface area contributed by atoms with Crippen molar-refractivity contribution in [2.24, 2.45) is 0 Å². The van der Waals surface area contributed by atoms with Crippen LogP contribution in [0.4, 0.5) is 0 Å². The molecule has 2 aromatic rings. The number of ether oxygens (including phenoxy) is 1. The summed E-state index contributed by atoms with van der Waals surface area (Å²) in [4.78, 5) is 11.4. The van der Waals surface area contributed by atoms with Gasteiger partial charge in [-0.3, -0.25) is 4.79 Å². The van der Waals surface area contributed by atoms with Gasteiger partial charge in [0.05, 0.1) is 0 Å². The second-order valence-electron chi connectivity index (χ2n) is 4.08. The summed E-state index contributed by atoms with van der Waals surface area (Å²) >= 11 is 7.56. The van der Waals surface area contributed by atoms with Crippen LogP contribution in [0.25, 0.3) is 0 Å². The van der Waals surface area contributed by atoms with Gasteiger partial charge in [-0.2, -0.15) is 0 Å². The van der Waals surface area contributed by atoms with E-state index in [0.717, 1.165) is 27.6 Å². The second-order valence-corrected chi connectivity index (χ2v) is 5.59. The molecular weight excluding hydrogens is 282 g/mol. The van der Waals surface area contributed by atoms with Gasteiger partial charge in [0.1, 0.15) is 0 Å². The Labute approximate surface area is 121 Å². The topological polar surface area (TPSA) is 38.3 Å². The molecule has 0 atom stereocenters. The fourth-order valence-electron chi connectivity index (χ4n) is 1.72. The predicted octanol–water partition coefficient (Wildman–Crippen LogP) is 3.53. The molecule has 0 bridgehead atoms. The van der Waals surface area contributed by atoms with E-state index in [2.05, 4.69) is 5.32 Å². The maximum absolute atomic E-state index is 10.3. The van der Waals surface area contributed by atoms with Gasteiger partial charge in [-0.15, -0.1) is 11.3 Å². The largest absolute Gasteiger partial charge is 0.418 e. The molecule has 0 aliphatic heterocycles. The molecule has 1 aromatic heterocycles. The molecule has 2 rings (SSSR count). The number of nitrogens with one attached hydrogen (secondary N) is 1. The van der Waals surface area contributed by atoms with Gasteiger partial charge < -0.3 is 10.1 Å². The summed E-state index contributed by atoms with van der Waals surface area (Å²) in [5, 5.41) is 4.73. The van der Waals surface area contributed by atoms with Gasteiger partial charge in [0.15, 0.2) is 5.06 Å². The van der Waals surface area contributed by atoms with E-state index in [1.807, 2.05) is 37.3 Å². The Hall–Kier alpha value is -1.36. The van der Waals surface area contributed by atoms with Crippen LogP contribution >= 0.6 is 22.9 Å². The summed E-state index contributed by atoms with van der Waals surface area (Å²) < 4.78 is 4.84. The first-order valence-electron chi connectivity index (χ1n) is 5.84. The Morgan fingerprint density at radius 1 is 1.37 bits per heavy atom. The van der Waals surface area contributed by atoms with Gasteiger partial charge >= 0.3 is 0 Å². The van der Waals surface area contributed by atoms with Gasteiger partial charge in [0, 0.05) is 23.0 Å². The SMILES string of the molecule is Cc1cc(OC=O)sc1CNCc1ccccc1Cl. The zero-order valence-corrected chi connectivity index (χ0v) is 12.1. The predicted molar refractivity (Wildman–Crippen MR) is 77.7 cm³/mol. The van der Waals surface area contributed by atoms with Gasteiger partial charge in [0.2, 0.25) is 0 Å². The Morgan fingerprint density at radius 3 is 2.89 bits per heavy atom. The third-order valence-corrected chi connectivity index (χ3v) is 4.22. The van der Waals surface area contributed by atoms with E-state index in [9.17, 15) is 4.79 Å². The van der Waals surface area contributed by atoms with Crippen LogP contribution in [0.2, 0.25) is 5.02 Å². The zero-order chi connectivity index (χ0) is 13.7. The highest BCUT2D eigenvalue weighted by Gasteiger charge is 2.06. The van der Waals surface area contributed by atoms with E-state index in [-0.39, 0.29) is 0 Å². The molecule has 1 aromatic carbocycles. The van der Waals surface area contributed by atoms with Crippen molar-refractivity contribution in [1.82, 2.24) is 5.32 Å². The summed E-state index contributed by atoms with van der Waals surface area (Å²) in [5.74, 6) is 0. The second kappa shape index (κ2) is 6.70. The first-order chi connectivity index (χ1) is 9.20. The zero-order valence-electron chi connectivity index (χ0n) is 10.5. The molecule has 0 amide bonds. The molecule has 0 aliphatic rings. The van der Waals surface area contributed by atoms with Crippen molar-refractivity contribution in [1.29, 1.82) is 0 Å². The van der Waals surface area contributed by atoms with Gasteiger partial charge in [-0.25, -0.2) is 0 Å². The average Bonchev–Trinajstić information content (AvgIpc) is 2.73. The van der Waals surface area contributed by atoms with E-state index < -0.39 is 0 Å². The fraction of sp³-hybridized carbons (Fsp3) is 0.214. The summed E-state index contributed by atoms with van der Waals surface area (Å²) in [6, 6.07) is 9.63. The number of hydrogen-bond acceptors (Lipinski definition) is 4. The minimum atomic E-state index is 0.451. The number of thiophene rings is 1. The Bertz CT molecular complexity index is 568. The molecule has 3 nitrogen and oxygen atoms in total. The fourth-order valence-corrected chi connectivity index (χ4v) is 2.88. The van der Waals surface area contributed by atoms with Crippen molar-refractivity contribution in [2.45, 2.75) is 20.0 Å². The van der Waals surface area contributed by atoms with Gasteiger partial charge in [-0.05, 0) is 30.2 Å². The molecule has 100 valence electrons. The standard InChI is InChI=1S/C14H14ClNO2S/c1-10-6-14(18-9-17)19-13(10)8-16-7-11-4-2-3-5-12(11)15/h2-6,9,16H,7-8H2,1H3. The van der Waals surface area contributed by atoms with Crippen LogP contribution in [0.15, 0.2) is 30.3 Å². The van der Waals surface area contributed by atoms with Crippen LogP contribution in [0.5, 0.6) is 5.06 Å². The van der Waals surface area contributed by atoms with Crippen molar-refractivity contribution in [3.63, 3.8) is 0 Å². The maximum atomic E-state index is 10.3. The molecule has 0 aliphatic carbocycles. The van der Waals surface area contributed by atoms with Crippen LogP contribution in [0.3, 0.4) is 0 Å². The van der Waals surface area contributed by atoms with Crippen LogP contribution < -0.4 is 10.1 Å². The minimum Gasteiger partial charge on any atom is -0.418 e. The lowest BCUT2D eigenvalue weighted by atomic mass is 10.2. The summed E-state index contributed by atoms with van der Waals surface area (Å²) in [5.41, 5.74) is 2.19. The highest BCUT2D eigenvalue weighted by atomic mass is 35.5. The smallest absolute Gasteiger partial charge is 0.299 e. The Morgan fingerprint density at radius 2 is 2.16 bits per heavy atom. The number of halogens is 1. The highest BCUT2D eigenvalue weighted by molar-refractivity contribution is 7.14. The number of rotatable bonds is 6. The first-order valence-corrected chi connectivity index (χ1v) is 7.04. The third-order valence-electron chi connectivity index (χ3n) is 2.72. The van der Waals surface area contributed by atoms with E-state index in [1.165, 1.54) is 11.3 Å². The molecule has 0 spiro atoms. The number of aryl methyl sites for hydroxylation is 1. The Balaban J connectivity index is 1.92. The molecule has 0 fully saturated rings. The van der Waals surface area contributed by atoms with E-state index in [0.29, 0.717) is 18.1 Å². The van der Waals surface area contributed by atoms with Gasteiger partial charge in [-0.1, -0.05) is 29.8 Å². The first kappa shape index (κ1) is 14.1. The molecule has 0 unspecified atom stereocenters. The van der Waals surface area contributed by atoms with Crippen LogP contribution in [-0.4, -0.2) is 6.47 Å². The van der Waals surface area contributed by atoms with Crippen molar-refractivity contribution in [3.05, 3.63) is 51.4 Å². The molecule has 0 saturated carbocycles. The Kier molecular flexibility index (Phi) is 4.96. The van der Waals surface area contributed by atoms with Crippen molar-refractivity contribution < 1.29 is 9.53 Å². The number of carbonyl (C=O) groups excluding carboxylic acids is 1. The molecule has 0 saturated heterocycles. The molecule has 1 N–H and O–H groups in total. The van der Waals surface area contributed by atoms with Crippen LogP contribution in [-0.2, 0) is 17.9 Å². The number of benzene rings is 1. The highest BCUT2D eigenvalue weighted by Crippen LogP contribution is 2.28. The lowest BCUT2D eigenvalue weighted by molar-refractivity contribution is -0.120. The quantitative estimate of drug-likeness (QED) is 0.829. The molecular formula is C14H14ClNO2S. The van der Waals surface area contributed by atoms with Crippen LogP contribution in [0, 0.1) is 6.92 Å². The normalized spacial score (nSPS) is 10.4. The number of hydrogen-bond donors (Lipinski definition) is 1. The average molecular weight is 296 g/mol. The third kappa shape index (κ3) is 3.80. The van der Waals surface area contributed by atoms with E-state index in [1.54, 1.807) is 0 Å². The molecule has 0 radical (unpaired) electrons. The van der Waals surface area contributed by atoms with Crippen molar-refractivity contribution in [2.75, 3.05) is 0 Å². The minimum absolute atomic E-state index is 0.451. The molecule has 5 heteroatoms. The number of carbonyl (C=O) groups is 1. The summed E-state index contributed by atoms with van der Waals surface area (Å²) in [6.07, 6.45) is 0. The lowest BCUT2D eigenvalue weighted by Crippen LogP contribution is -2.12. The summed E-state index contributed by atoms with van der Waals surface area (Å²) in [6.45, 7) is 3.89. The maximum Gasteiger partial charge on any atom is 0.299 e. The van der Waals surface area contributed by atoms with E-state index >= 15 is 0 Å². The molecule has 19 heavy (non-hydrogen) atoms. The monoisotopic (exact) mass is 295 g/mol. The molecule has 1 heterocycles.